The van der Waals surface area contributed by atoms with Crippen molar-refractivity contribution in [3.63, 3.8) is 0 Å². The molecule has 0 radical (unpaired) electrons. The summed E-state index contributed by atoms with van der Waals surface area (Å²) in [5.41, 5.74) is 3.23. The Kier molecular flexibility index (Phi) is 3.64. The number of nitrogens with zero attached hydrogens (tertiary/aromatic N) is 2. The van der Waals surface area contributed by atoms with Crippen molar-refractivity contribution in [2.24, 2.45) is 5.84 Å². The first-order valence-corrected chi connectivity index (χ1v) is 4.63. The monoisotopic (exact) mass is 196 g/mol. The van der Waals surface area contributed by atoms with Crippen LogP contribution in [0.3, 0.4) is 0 Å². The van der Waals surface area contributed by atoms with Gasteiger partial charge in [-0.2, -0.15) is 5.10 Å². The van der Waals surface area contributed by atoms with E-state index in [1.54, 1.807) is 6.20 Å². The van der Waals surface area contributed by atoms with Crippen molar-refractivity contribution in [2.75, 3.05) is 0 Å². The van der Waals surface area contributed by atoms with E-state index in [0.29, 0.717) is 6.42 Å². The first kappa shape index (κ1) is 10.7. The molecular formula is C9H16N4O. The fourth-order valence-electron chi connectivity index (χ4n) is 1.22. The van der Waals surface area contributed by atoms with E-state index in [4.69, 9.17) is 5.84 Å². The molecule has 0 aliphatic carbocycles. The smallest absolute Gasteiger partial charge is 0.233 e. The van der Waals surface area contributed by atoms with Crippen LogP contribution in [0.2, 0.25) is 0 Å². The van der Waals surface area contributed by atoms with E-state index in [2.05, 4.69) is 10.5 Å². The Labute approximate surface area is 83.2 Å². The number of nitrogens with one attached hydrogen (secondary N) is 1. The highest BCUT2D eigenvalue weighted by molar-refractivity contribution is 5.75. The van der Waals surface area contributed by atoms with E-state index in [9.17, 15) is 4.79 Å². The van der Waals surface area contributed by atoms with Gasteiger partial charge in [-0.25, -0.2) is 5.84 Å². The Morgan fingerprint density at radius 3 is 3.00 bits per heavy atom. The van der Waals surface area contributed by atoms with E-state index >= 15 is 0 Å². The number of hydrogen-bond acceptors (Lipinski definition) is 3. The number of amides is 1. The third-order valence-electron chi connectivity index (χ3n) is 2.13. The van der Waals surface area contributed by atoms with Gasteiger partial charge in [0.05, 0.1) is 6.20 Å². The average molecular weight is 196 g/mol. The zero-order valence-electron chi connectivity index (χ0n) is 8.53. The fourth-order valence-corrected chi connectivity index (χ4v) is 1.22. The highest BCUT2D eigenvalue weighted by Gasteiger charge is 2.07. The summed E-state index contributed by atoms with van der Waals surface area (Å²) < 4.78 is 1.86. The van der Waals surface area contributed by atoms with Crippen LogP contribution in [-0.4, -0.2) is 15.7 Å². The highest BCUT2D eigenvalue weighted by Crippen LogP contribution is 2.12. The molecule has 0 aliphatic heterocycles. The standard InChI is InChI=1S/C9H16N4O/c1-7-5-11-13(6-7)8(2)3-4-9(14)12-10/h5-6,8H,3-4,10H2,1-2H3,(H,12,14). The molecule has 1 rings (SSSR count). The van der Waals surface area contributed by atoms with Crippen LogP contribution >= 0.6 is 0 Å². The summed E-state index contributed by atoms with van der Waals surface area (Å²) in [5.74, 6) is 4.84. The molecule has 0 bridgehead atoms. The zero-order chi connectivity index (χ0) is 10.6. The number of nitrogens with two attached hydrogens (primary N) is 1. The second-order valence-corrected chi connectivity index (χ2v) is 3.45. The molecule has 1 aromatic rings. The number of aryl methyl sites for hydroxylation is 1. The van der Waals surface area contributed by atoms with Gasteiger partial charge in [0.25, 0.3) is 0 Å². The Morgan fingerprint density at radius 1 is 1.79 bits per heavy atom. The van der Waals surface area contributed by atoms with Crippen molar-refractivity contribution >= 4 is 5.91 Å². The Balaban J connectivity index is 2.42. The van der Waals surface area contributed by atoms with Gasteiger partial charge in [0.15, 0.2) is 0 Å². The Morgan fingerprint density at radius 2 is 2.50 bits per heavy atom. The molecule has 5 nitrogen and oxygen atoms in total. The van der Waals surface area contributed by atoms with Crippen molar-refractivity contribution in [3.8, 4) is 0 Å². The lowest BCUT2D eigenvalue weighted by Gasteiger charge is -2.10. The third-order valence-corrected chi connectivity index (χ3v) is 2.13. The lowest BCUT2D eigenvalue weighted by atomic mass is 10.2. The molecule has 0 saturated carbocycles. The molecule has 1 unspecified atom stereocenters. The molecule has 0 aromatic carbocycles. The Bertz CT molecular complexity index is 308. The lowest BCUT2D eigenvalue weighted by molar-refractivity contribution is -0.121. The predicted octanol–water partition coefficient (Wildman–Crippen LogP) is 0.523. The minimum Gasteiger partial charge on any atom is -0.294 e. The van der Waals surface area contributed by atoms with Gasteiger partial charge >= 0.3 is 0 Å². The van der Waals surface area contributed by atoms with Crippen LogP contribution in [0.15, 0.2) is 12.4 Å². The topological polar surface area (TPSA) is 72.9 Å². The molecule has 1 heterocycles. The van der Waals surface area contributed by atoms with Crippen molar-refractivity contribution in [3.05, 3.63) is 18.0 Å². The molecule has 1 amide bonds. The van der Waals surface area contributed by atoms with E-state index < -0.39 is 0 Å². The van der Waals surface area contributed by atoms with E-state index in [1.807, 2.05) is 24.7 Å². The summed E-state index contributed by atoms with van der Waals surface area (Å²) in [7, 11) is 0. The van der Waals surface area contributed by atoms with Crippen molar-refractivity contribution in [1.29, 1.82) is 0 Å². The number of carbonyl (C=O) groups excluding carboxylic acids is 1. The second kappa shape index (κ2) is 4.76. The molecule has 1 atom stereocenters. The summed E-state index contributed by atoms with van der Waals surface area (Å²) in [5, 5.41) is 4.17. The van der Waals surface area contributed by atoms with Gasteiger partial charge in [-0.15, -0.1) is 0 Å². The minimum atomic E-state index is -0.138. The van der Waals surface area contributed by atoms with Gasteiger partial charge in [-0.05, 0) is 25.8 Å². The van der Waals surface area contributed by atoms with Crippen LogP contribution < -0.4 is 11.3 Å². The first-order chi connectivity index (χ1) is 6.63. The molecule has 1 aromatic heterocycles. The average Bonchev–Trinajstić information content (AvgIpc) is 2.60. The largest absolute Gasteiger partial charge is 0.294 e. The fraction of sp³-hybridized carbons (Fsp3) is 0.556. The number of hydrazine groups is 1. The van der Waals surface area contributed by atoms with Crippen LogP contribution in [0.25, 0.3) is 0 Å². The van der Waals surface area contributed by atoms with Crippen LogP contribution in [0, 0.1) is 6.92 Å². The van der Waals surface area contributed by atoms with Gasteiger partial charge < -0.3 is 0 Å². The highest BCUT2D eigenvalue weighted by atomic mass is 16.2. The maximum atomic E-state index is 10.9. The van der Waals surface area contributed by atoms with Crippen LogP contribution in [0.4, 0.5) is 0 Å². The molecule has 14 heavy (non-hydrogen) atoms. The maximum Gasteiger partial charge on any atom is 0.233 e. The number of aromatic nitrogens is 2. The summed E-state index contributed by atoms with van der Waals surface area (Å²) in [6.07, 6.45) is 4.94. The Hall–Kier alpha value is -1.36. The van der Waals surface area contributed by atoms with Gasteiger partial charge in [0.1, 0.15) is 0 Å². The van der Waals surface area contributed by atoms with Gasteiger partial charge in [0, 0.05) is 18.7 Å². The van der Waals surface area contributed by atoms with E-state index in [0.717, 1.165) is 12.0 Å². The summed E-state index contributed by atoms with van der Waals surface area (Å²) in [6.45, 7) is 4.01. The maximum absolute atomic E-state index is 10.9. The summed E-state index contributed by atoms with van der Waals surface area (Å²) >= 11 is 0. The van der Waals surface area contributed by atoms with Crippen LogP contribution in [0.5, 0.6) is 0 Å². The van der Waals surface area contributed by atoms with E-state index in [1.165, 1.54) is 0 Å². The van der Waals surface area contributed by atoms with Crippen molar-refractivity contribution in [1.82, 2.24) is 15.2 Å². The third kappa shape index (κ3) is 2.85. The normalized spacial score (nSPS) is 12.5. The number of carbonyl (C=O) groups is 1. The number of rotatable bonds is 4. The summed E-state index contributed by atoms with van der Waals surface area (Å²) in [4.78, 5) is 10.9. The molecule has 0 spiro atoms. The zero-order valence-corrected chi connectivity index (χ0v) is 8.53. The van der Waals surface area contributed by atoms with Gasteiger partial charge in [-0.3, -0.25) is 14.9 Å². The molecular weight excluding hydrogens is 180 g/mol. The van der Waals surface area contributed by atoms with Crippen LogP contribution in [-0.2, 0) is 4.79 Å². The molecule has 5 heteroatoms. The number of hydrogen-bond donors (Lipinski definition) is 2. The first-order valence-electron chi connectivity index (χ1n) is 4.63. The van der Waals surface area contributed by atoms with Gasteiger partial charge in [-0.1, -0.05) is 0 Å². The lowest BCUT2D eigenvalue weighted by Crippen LogP contribution is -2.30. The molecule has 0 aliphatic rings. The quantitative estimate of drug-likeness (QED) is 0.419. The molecule has 3 N–H and O–H groups in total. The van der Waals surface area contributed by atoms with Crippen molar-refractivity contribution in [2.45, 2.75) is 32.7 Å². The second-order valence-electron chi connectivity index (χ2n) is 3.45. The molecule has 78 valence electrons. The minimum absolute atomic E-state index is 0.138. The molecule has 0 fully saturated rings. The SMILES string of the molecule is Cc1cnn(C(C)CCC(=O)NN)c1. The van der Waals surface area contributed by atoms with Crippen LogP contribution in [0.1, 0.15) is 31.4 Å². The molecule has 0 saturated heterocycles. The van der Waals surface area contributed by atoms with Crippen molar-refractivity contribution < 1.29 is 4.79 Å². The van der Waals surface area contributed by atoms with Gasteiger partial charge in [0.2, 0.25) is 5.91 Å². The predicted molar refractivity (Wildman–Crippen MR) is 53.2 cm³/mol. The van der Waals surface area contributed by atoms with E-state index in [-0.39, 0.29) is 11.9 Å². The summed E-state index contributed by atoms with van der Waals surface area (Å²) in [6, 6.07) is 0.223.